The number of aromatic nitrogens is 1. The third-order valence-electron chi connectivity index (χ3n) is 3.39. The molecule has 0 amide bonds. The van der Waals surface area contributed by atoms with Crippen molar-refractivity contribution in [2.24, 2.45) is 0 Å². The first kappa shape index (κ1) is 15.7. The SMILES string of the molecule is CCN(CCOC)c1nc(COC)c(CNC2CC2)s1. The zero-order chi connectivity index (χ0) is 14.4. The number of likely N-dealkylation sites (N-methyl/N-ethyl adjacent to an activating group) is 1. The van der Waals surface area contributed by atoms with Gasteiger partial charge in [0.2, 0.25) is 0 Å². The van der Waals surface area contributed by atoms with E-state index >= 15 is 0 Å². The Balaban J connectivity index is 2.04. The Kier molecular flexibility index (Phi) is 6.22. The fraction of sp³-hybridized carbons (Fsp3) is 0.786. The second kappa shape index (κ2) is 7.93. The second-order valence-electron chi connectivity index (χ2n) is 5.03. The molecule has 0 aliphatic heterocycles. The highest BCUT2D eigenvalue weighted by Gasteiger charge is 2.22. The number of ether oxygens (including phenoxy) is 2. The van der Waals surface area contributed by atoms with Crippen LogP contribution in [0.4, 0.5) is 5.13 Å². The molecule has 1 aliphatic rings. The summed E-state index contributed by atoms with van der Waals surface area (Å²) in [5.41, 5.74) is 1.07. The Labute approximate surface area is 125 Å². The topological polar surface area (TPSA) is 46.6 Å². The van der Waals surface area contributed by atoms with E-state index in [1.807, 2.05) is 0 Å². The molecule has 1 aromatic rings. The molecule has 1 fully saturated rings. The minimum absolute atomic E-state index is 0.583. The first-order valence-corrected chi connectivity index (χ1v) is 8.04. The number of hydrogen-bond donors (Lipinski definition) is 1. The normalized spacial score (nSPS) is 14.8. The molecule has 0 saturated heterocycles. The number of thiazole rings is 1. The Morgan fingerprint density at radius 2 is 2.15 bits per heavy atom. The second-order valence-corrected chi connectivity index (χ2v) is 6.09. The van der Waals surface area contributed by atoms with Gasteiger partial charge in [0.1, 0.15) is 0 Å². The minimum Gasteiger partial charge on any atom is -0.383 e. The van der Waals surface area contributed by atoms with Gasteiger partial charge in [0.25, 0.3) is 0 Å². The first-order chi connectivity index (χ1) is 9.78. The van der Waals surface area contributed by atoms with Gasteiger partial charge in [0.15, 0.2) is 5.13 Å². The van der Waals surface area contributed by atoms with Crippen LogP contribution in [0.1, 0.15) is 30.3 Å². The average Bonchev–Trinajstić information content (AvgIpc) is 3.20. The lowest BCUT2D eigenvalue weighted by Gasteiger charge is -2.18. The highest BCUT2D eigenvalue weighted by atomic mass is 32.1. The van der Waals surface area contributed by atoms with E-state index in [4.69, 9.17) is 14.5 Å². The fourth-order valence-electron chi connectivity index (χ4n) is 2.01. The number of anilines is 1. The Morgan fingerprint density at radius 1 is 1.35 bits per heavy atom. The molecular formula is C14H25N3O2S. The molecule has 1 saturated carbocycles. The maximum Gasteiger partial charge on any atom is 0.185 e. The molecule has 1 heterocycles. The summed E-state index contributed by atoms with van der Waals surface area (Å²) in [7, 11) is 3.46. The average molecular weight is 299 g/mol. The summed E-state index contributed by atoms with van der Waals surface area (Å²) in [6, 6.07) is 0.715. The molecule has 1 aliphatic carbocycles. The highest BCUT2D eigenvalue weighted by Crippen LogP contribution is 2.28. The molecule has 0 atom stereocenters. The van der Waals surface area contributed by atoms with Gasteiger partial charge in [-0.2, -0.15) is 0 Å². The zero-order valence-electron chi connectivity index (χ0n) is 12.6. The van der Waals surface area contributed by atoms with E-state index in [9.17, 15) is 0 Å². The van der Waals surface area contributed by atoms with Crippen LogP contribution in [0.3, 0.4) is 0 Å². The van der Waals surface area contributed by atoms with Crippen molar-refractivity contribution in [3.8, 4) is 0 Å². The van der Waals surface area contributed by atoms with E-state index in [2.05, 4.69) is 17.1 Å². The van der Waals surface area contributed by atoms with Crippen LogP contribution in [0.25, 0.3) is 0 Å². The van der Waals surface area contributed by atoms with E-state index in [-0.39, 0.29) is 0 Å². The number of methoxy groups -OCH3 is 2. The van der Waals surface area contributed by atoms with Crippen molar-refractivity contribution in [3.63, 3.8) is 0 Å². The quantitative estimate of drug-likeness (QED) is 0.716. The molecule has 1 aromatic heterocycles. The maximum absolute atomic E-state index is 5.27. The van der Waals surface area contributed by atoms with Gasteiger partial charge < -0.3 is 19.7 Å². The monoisotopic (exact) mass is 299 g/mol. The number of nitrogens with zero attached hydrogens (tertiary/aromatic N) is 2. The summed E-state index contributed by atoms with van der Waals surface area (Å²) < 4.78 is 10.4. The van der Waals surface area contributed by atoms with Gasteiger partial charge in [-0.15, -0.1) is 11.3 Å². The lowest BCUT2D eigenvalue weighted by molar-refractivity contribution is 0.181. The standard InChI is InChI=1S/C14H25N3O2S/c1-4-17(7-8-18-2)14-16-12(10-19-3)13(20-14)9-15-11-5-6-11/h11,15H,4-10H2,1-3H3. The van der Waals surface area contributed by atoms with Crippen molar-refractivity contribution in [1.29, 1.82) is 0 Å². The summed E-state index contributed by atoms with van der Waals surface area (Å²) in [6.45, 7) is 6.18. The Hall–Kier alpha value is -0.690. The molecule has 5 nitrogen and oxygen atoms in total. The van der Waals surface area contributed by atoms with Gasteiger partial charge in [-0.25, -0.2) is 4.98 Å². The molecular weight excluding hydrogens is 274 g/mol. The van der Waals surface area contributed by atoms with E-state index in [0.717, 1.165) is 37.1 Å². The van der Waals surface area contributed by atoms with Crippen LogP contribution < -0.4 is 10.2 Å². The Morgan fingerprint density at radius 3 is 2.75 bits per heavy atom. The van der Waals surface area contributed by atoms with Crippen LogP contribution in [-0.2, 0) is 22.6 Å². The molecule has 0 aromatic carbocycles. The van der Waals surface area contributed by atoms with Crippen LogP contribution >= 0.6 is 11.3 Å². The molecule has 1 N–H and O–H groups in total. The summed E-state index contributed by atoms with van der Waals surface area (Å²) >= 11 is 1.77. The number of nitrogens with one attached hydrogen (secondary N) is 1. The molecule has 0 radical (unpaired) electrons. The third kappa shape index (κ3) is 4.41. The lowest BCUT2D eigenvalue weighted by Crippen LogP contribution is -2.26. The summed E-state index contributed by atoms with van der Waals surface area (Å²) in [4.78, 5) is 8.30. The van der Waals surface area contributed by atoms with E-state index in [0.29, 0.717) is 12.6 Å². The van der Waals surface area contributed by atoms with Crippen molar-refractivity contribution >= 4 is 16.5 Å². The minimum atomic E-state index is 0.583. The van der Waals surface area contributed by atoms with Crippen molar-refractivity contribution < 1.29 is 9.47 Å². The zero-order valence-corrected chi connectivity index (χ0v) is 13.5. The van der Waals surface area contributed by atoms with Gasteiger partial charge in [-0.05, 0) is 19.8 Å². The van der Waals surface area contributed by atoms with Crippen LogP contribution in [0.5, 0.6) is 0 Å². The highest BCUT2D eigenvalue weighted by molar-refractivity contribution is 7.15. The van der Waals surface area contributed by atoms with Crippen molar-refractivity contribution in [2.45, 2.75) is 39.0 Å². The maximum atomic E-state index is 5.27. The summed E-state index contributed by atoms with van der Waals surface area (Å²) in [5, 5.41) is 4.63. The predicted octanol–water partition coefficient (Wildman–Crippen LogP) is 2.01. The van der Waals surface area contributed by atoms with Gasteiger partial charge in [0, 0.05) is 44.8 Å². The predicted molar refractivity (Wildman–Crippen MR) is 82.5 cm³/mol. The smallest absolute Gasteiger partial charge is 0.185 e. The molecule has 0 bridgehead atoms. The molecule has 20 heavy (non-hydrogen) atoms. The molecule has 114 valence electrons. The fourth-order valence-corrected chi connectivity index (χ4v) is 3.11. The molecule has 2 rings (SSSR count). The van der Waals surface area contributed by atoms with Crippen molar-refractivity contribution in [2.75, 3.05) is 38.8 Å². The number of rotatable bonds is 10. The van der Waals surface area contributed by atoms with Crippen LogP contribution in [-0.4, -0.2) is 44.9 Å². The van der Waals surface area contributed by atoms with Crippen molar-refractivity contribution in [1.82, 2.24) is 10.3 Å². The molecule has 6 heteroatoms. The van der Waals surface area contributed by atoms with E-state index in [1.165, 1.54) is 17.7 Å². The first-order valence-electron chi connectivity index (χ1n) is 7.23. The van der Waals surface area contributed by atoms with Gasteiger partial charge in [-0.1, -0.05) is 0 Å². The summed E-state index contributed by atoms with van der Waals surface area (Å²) in [5.74, 6) is 0. The van der Waals surface area contributed by atoms with Gasteiger partial charge in [0.05, 0.1) is 18.9 Å². The van der Waals surface area contributed by atoms with Crippen LogP contribution in [0.2, 0.25) is 0 Å². The molecule has 0 spiro atoms. The summed E-state index contributed by atoms with van der Waals surface area (Å²) in [6.07, 6.45) is 2.61. The van der Waals surface area contributed by atoms with Gasteiger partial charge >= 0.3 is 0 Å². The third-order valence-corrected chi connectivity index (χ3v) is 4.55. The van der Waals surface area contributed by atoms with Gasteiger partial charge in [-0.3, -0.25) is 0 Å². The Bertz CT molecular complexity index is 407. The largest absolute Gasteiger partial charge is 0.383 e. The molecule has 0 unspecified atom stereocenters. The van der Waals surface area contributed by atoms with E-state index < -0.39 is 0 Å². The van der Waals surface area contributed by atoms with Crippen LogP contribution in [0.15, 0.2) is 0 Å². The lowest BCUT2D eigenvalue weighted by atomic mass is 10.3. The van der Waals surface area contributed by atoms with Crippen molar-refractivity contribution in [3.05, 3.63) is 10.6 Å². The van der Waals surface area contributed by atoms with E-state index in [1.54, 1.807) is 25.6 Å². The van der Waals surface area contributed by atoms with Crippen LogP contribution in [0, 0.1) is 0 Å². The number of hydrogen-bond acceptors (Lipinski definition) is 6.